The number of rotatable bonds is 7. The van der Waals surface area contributed by atoms with Crippen molar-refractivity contribution in [2.45, 2.75) is 12.5 Å². The van der Waals surface area contributed by atoms with E-state index in [9.17, 15) is 14.4 Å². The van der Waals surface area contributed by atoms with Gasteiger partial charge in [-0.2, -0.15) is 4.99 Å². The van der Waals surface area contributed by atoms with E-state index in [0.29, 0.717) is 0 Å². The molecule has 6 heteroatoms. The smallest absolute Gasteiger partial charge is 0.332 e. The largest absolute Gasteiger partial charge is 0.460 e. The van der Waals surface area contributed by atoms with E-state index in [1.165, 1.54) is 18.2 Å². The first-order chi connectivity index (χ1) is 7.26. The number of aliphatic imine (C=N–C) groups is 2. The van der Waals surface area contributed by atoms with Crippen molar-refractivity contribution < 1.29 is 19.1 Å². The van der Waals surface area contributed by atoms with Gasteiger partial charge in [0.1, 0.15) is 6.61 Å². The highest BCUT2D eigenvalue weighted by atomic mass is 16.5. The molecule has 0 fully saturated rings. The summed E-state index contributed by atoms with van der Waals surface area (Å²) in [5, 5.41) is 0. The molecular weight excluding hydrogens is 200 g/mol. The predicted octanol–water partition coefficient (Wildman–Crippen LogP) is 0.146. The molecule has 0 bridgehead atoms. The van der Waals surface area contributed by atoms with Crippen LogP contribution in [0.25, 0.3) is 0 Å². The van der Waals surface area contributed by atoms with Gasteiger partial charge in [-0.15, -0.1) is 0 Å². The second-order valence-corrected chi connectivity index (χ2v) is 2.42. The van der Waals surface area contributed by atoms with Crippen LogP contribution in [0, 0.1) is 0 Å². The third-order valence-electron chi connectivity index (χ3n) is 1.40. The fourth-order valence-corrected chi connectivity index (χ4v) is 0.768. The van der Waals surface area contributed by atoms with E-state index in [1.54, 1.807) is 0 Å². The third kappa shape index (κ3) is 6.10. The molecular formula is C9H10N2O4. The maximum Gasteiger partial charge on any atom is 0.332 e. The number of carbonyl (C=O) groups excluding carboxylic acids is 3. The molecule has 0 rings (SSSR count). The zero-order valence-corrected chi connectivity index (χ0v) is 8.01. The van der Waals surface area contributed by atoms with E-state index < -0.39 is 12.0 Å². The second-order valence-electron chi connectivity index (χ2n) is 2.42. The van der Waals surface area contributed by atoms with Gasteiger partial charge in [0.15, 0.2) is 6.04 Å². The molecule has 80 valence electrons. The Kier molecular flexibility index (Phi) is 7.40. The van der Waals surface area contributed by atoms with E-state index >= 15 is 0 Å². The maximum absolute atomic E-state index is 11.2. The Morgan fingerprint density at radius 1 is 1.47 bits per heavy atom. The lowest BCUT2D eigenvalue weighted by molar-refractivity contribution is -0.143. The van der Waals surface area contributed by atoms with Gasteiger partial charge in [0.25, 0.3) is 0 Å². The fourth-order valence-electron chi connectivity index (χ4n) is 0.768. The topological polar surface area (TPSA) is 85.2 Å². The van der Waals surface area contributed by atoms with Crippen LogP contribution < -0.4 is 0 Å². The number of hydrogen-bond acceptors (Lipinski definition) is 6. The van der Waals surface area contributed by atoms with Crippen molar-refractivity contribution in [1.82, 2.24) is 0 Å². The van der Waals surface area contributed by atoms with Gasteiger partial charge in [0.2, 0.25) is 12.2 Å². The van der Waals surface area contributed by atoms with Crippen molar-refractivity contribution >= 4 is 18.1 Å². The highest BCUT2D eigenvalue weighted by Gasteiger charge is 2.18. The molecule has 0 heterocycles. The van der Waals surface area contributed by atoms with Gasteiger partial charge < -0.3 is 4.74 Å². The molecule has 0 aliphatic rings. The van der Waals surface area contributed by atoms with Gasteiger partial charge in [-0.05, 0) is 0 Å². The molecule has 0 radical (unpaired) electrons. The van der Waals surface area contributed by atoms with E-state index in [2.05, 4.69) is 21.3 Å². The SMILES string of the molecule is C=CCOC(=O)C(CCN=C=O)N=C=O. The van der Waals surface area contributed by atoms with Gasteiger partial charge in [-0.25, -0.2) is 19.4 Å². The van der Waals surface area contributed by atoms with Crippen LogP contribution in [0.15, 0.2) is 22.6 Å². The van der Waals surface area contributed by atoms with Crippen molar-refractivity contribution in [2.24, 2.45) is 9.98 Å². The van der Waals surface area contributed by atoms with Crippen LogP contribution in [0.5, 0.6) is 0 Å². The first-order valence-corrected chi connectivity index (χ1v) is 4.14. The van der Waals surface area contributed by atoms with Gasteiger partial charge in [-0.1, -0.05) is 12.7 Å². The monoisotopic (exact) mass is 210 g/mol. The summed E-state index contributed by atoms with van der Waals surface area (Å²) in [4.78, 5) is 37.4. The van der Waals surface area contributed by atoms with Crippen LogP contribution in [-0.2, 0) is 19.1 Å². The van der Waals surface area contributed by atoms with Crippen LogP contribution >= 0.6 is 0 Å². The van der Waals surface area contributed by atoms with Crippen LogP contribution in [0.4, 0.5) is 0 Å². The summed E-state index contributed by atoms with van der Waals surface area (Å²) in [6.45, 7) is 3.46. The summed E-state index contributed by atoms with van der Waals surface area (Å²) in [6.07, 6.45) is 4.08. The Balaban J connectivity index is 4.23. The minimum Gasteiger partial charge on any atom is -0.460 e. The third-order valence-corrected chi connectivity index (χ3v) is 1.40. The van der Waals surface area contributed by atoms with Crippen LogP contribution in [0.3, 0.4) is 0 Å². The molecule has 0 amide bonds. The first-order valence-electron chi connectivity index (χ1n) is 4.14. The number of ether oxygens (including phenoxy) is 1. The summed E-state index contributed by atoms with van der Waals surface area (Å²) in [5.41, 5.74) is 0. The predicted molar refractivity (Wildman–Crippen MR) is 50.7 cm³/mol. The molecule has 0 aromatic rings. The molecule has 6 nitrogen and oxygen atoms in total. The minimum atomic E-state index is -0.973. The van der Waals surface area contributed by atoms with Crippen molar-refractivity contribution in [3.8, 4) is 0 Å². The molecule has 0 N–H and O–H groups in total. The Bertz CT molecular complexity index is 314. The van der Waals surface area contributed by atoms with Gasteiger partial charge in [0.05, 0.1) is 6.54 Å². The quantitative estimate of drug-likeness (QED) is 0.259. The lowest BCUT2D eigenvalue weighted by atomic mass is 10.2. The molecule has 0 aromatic carbocycles. The average molecular weight is 210 g/mol. The maximum atomic E-state index is 11.2. The summed E-state index contributed by atoms with van der Waals surface area (Å²) in [5.74, 6) is -0.667. The summed E-state index contributed by atoms with van der Waals surface area (Å²) in [6, 6.07) is -0.973. The summed E-state index contributed by atoms with van der Waals surface area (Å²) in [7, 11) is 0. The zero-order chi connectivity index (χ0) is 11.5. The number of hydrogen-bond donors (Lipinski definition) is 0. The first kappa shape index (κ1) is 13.0. The molecule has 1 atom stereocenters. The molecule has 0 aliphatic heterocycles. The molecule has 0 aliphatic carbocycles. The lowest BCUT2D eigenvalue weighted by Gasteiger charge is -2.07. The normalized spacial score (nSPS) is 10.4. The van der Waals surface area contributed by atoms with Crippen molar-refractivity contribution in [3.63, 3.8) is 0 Å². The van der Waals surface area contributed by atoms with E-state index in [4.69, 9.17) is 0 Å². The van der Waals surface area contributed by atoms with Gasteiger partial charge >= 0.3 is 5.97 Å². The van der Waals surface area contributed by atoms with Gasteiger partial charge in [-0.3, -0.25) is 0 Å². The Morgan fingerprint density at radius 3 is 2.73 bits per heavy atom. The van der Waals surface area contributed by atoms with E-state index in [-0.39, 0.29) is 19.6 Å². The number of carbonyl (C=O) groups is 1. The molecule has 0 saturated carbocycles. The highest BCUT2D eigenvalue weighted by Crippen LogP contribution is 2.01. The van der Waals surface area contributed by atoms with Crippen molar-refractivity contribution in [2.75, 3.05) is 13.2 Å². The van der Waals surface area contributed by atoms with E-state index in [0.717, 1.165) is 0 Å². The number of esters is 1. The van der Waals surface area contributed by atoms with Crippen molar-refractivity contribution in [1.29, 1.82) is 0 Å². The molecule has 15 heavy (non-hydrogen) atoms. The molecule has 0 saturated heterocycles. The summed E-state index contributed by atoms with van der Waals surface area (Å²) < 4.78 is 4.67. The lowest BCUT2D eigenvalue weighted by Crippen LogP contribution is -2.22. The Morgan fingerprint density at radius 2 is 2.20 bits per heavy atom. The number of nitrogens with zero attached hydrogens (tertiary/aromatic N) is 2. The standard InChI is InChI=1S/C9H10N2O4/c1-2-5-15-9(14)8(11-7-13)3-4-10-6-12/h2,8H,1,3-5H2. The van der Waals surface area contributed by atoms with E-state index in [1.807, 2.05) is 0 Å². The van der Waals surface area contributed by atoms with Crippen LogP contribution in [0.2, 0.25) is 0 Å². The molecule has 0 spiro atoms. The van der Waals surface area contributed by atoms with Crippen LogP contribution in [0.1, 0.15) is 6.42 Å². The Hall–Kier alpha value is -2.03. The van der Waals surface area contributed by atoms with Crippen LogP contribution in [-0.4, -0.2) is 37.3 Å². The minimum absolute atomic E-state index is 0.0423. The second kappa shape index (κ2) is 8.56. The highest BCUT2D eigenvalue weighted by molar-refractivity contribution is 5.77. The van der Waals surface area contributed by atoms with Gasteiger partial charge in [0, 0.05) is 6.42 Å². The fraction of sp³-hybridized carbons (Fsp3) is 0.444. The molecule has 1 unspecified atom stereocenters. The molecule has 0 aromatic heterocycles. The zero-order valence-electron chi connectivity index (χ0n) is 8.01. The van der Waals surface area contributed by atoms with Crippen molar-refractivity contribution in [3.05, 3.63) is 12.7 Å². The summed E-state index contributed by atoms with van der Waals surface area (Å²) >= 11 is 0. The average Bonchev–Trinajstić information content (AvgIpc) is 2.25. The Labute approximate surface area is 86.4 Å². The number of isocyanates is 2.